The van der Waals surface area contributed by atoms with E-state index in [2.05, 4.69) is 22.4 Å². The zero-order chi connectivity index (χ0) is 20.7. The Hall–Kier alpha value is -3.41. The van der Waals surface area contributed by atoms with E-state index in [9.17, 15) is 4.79 Å². The van der Waals surface area contributed by atoms with Gasteiger partial charge in [-0.1, -0.05) is 18.2 Å². The van der Waals surface area contributed by atoms with Crippen LogP contribution >= 0.6 is 0 Å². The maximum absolute atomic E-state index is 13.2. The highest BCUT2D eigenvalue weighted by Gasteiger charge is 2.51. The number of hydrogen-bond donors (Lipinski definition) is 1. The van der Waals surface area contributed by atoms with Gasteiger partial charge in [-0.05, 0) is 54.7 Å². The first kappa shape index (κ1) is 18.6. The van der Waals surface area contributed by atoms with Crippen LogP contribution in [0.4, 0.5) is 5.82 Å². The Bertz CT molecular complexity index is 1120. The second kappa shape index (κ2) is 7.13. The lowest BCUT2D eigenvalue weighted by atomic mass is 9.93. The first-order valence-electron chi connectivity index (χ1n) is 10.1. The van der Waals surface area contributed by atoms with Crippen LogP contribution < -0.4 is 14.8 Å². The monoisotopic (exact) mass is 401 g/mol. The van der Waals surface area contributed by atoms with Gasteiger partial charge in [-0.3, -0.25) is 4.79 Å². The predicted octanol–water partition coefficient (Wildman–Crippen LogP) is 4.07. The van der Waals surface area contributed by atoms with Gasteiger partial charge < -0.3 is 14.8 Å². The summed E-state index contributed by atoms with van der Waals surface area (Å²) in [6.07, 6.45) is 4.33. The fourth-order valence-corrected chi connectivity index (χ4v) is 4.00. The molecule has 0 unspecified atom stereocenters. The Morgan fingerprint density at radius 3 is 2.77 bits per heavy atom. The molecule has 152 valence electrons. The number of pyridine rings is 2. The third kappa shape index (κ3) is 3.18. The molecule has 0 spiro atoms. The van der Waals surface area contributed by atoms with Crippen molar-refractivity contribution in [3.05, 3.63) is 65.4 Å². The number of nitrogens with one attached hydrogen (secondary N) is 1. The van der Waals surface area contributed by atoms with Gasteiger partial charge in [-0.25, -0.2) is 9.97 Å². The molecule has 2 aromatic heterocycles. The van der Waals surface area contributed by atoms with E-state index in [1.54, 1.807) is 19.4 Å². The highest BCUT2D eigenvalue weighted by molar-refractivity contribution is 6.01. The van der Waals surface area contributed by atoms with Gasteiger partial charge in [0.15, 0.2) is 0 Å². The van der Waals surface area contributed by atoms with Crippen LogP contribution in [0.5, 0.6) is 11.6 Å². The highest BCUT2D eigenvalue weighted by atomic mass is 16.5. The van der Waals surface area contributed by atoms with Gasteiger partial charge in [-0.15, -0.1) is 0 Å². The third-order valence-corrected chi connectivity index (χ3v) is 5.99. The molecule has 5 rings (SSSR count). The van der Waals surface area contributed by atoms with Crippen molar-refractivity contribution in [1.82, 2.24) is 9.97 Å². The quantitative estimate of drug-likeness (QED) is 0.698. The summed E-state index contributed by atoms with van der Waals surface area (Å²) >= 11 is 0. The number of hydrogen-bond acceptors (Lipinski definition) is 5. The Labute approximate surface area is 175 Å². The lowest BCUT2D eigenvalue weighted by molar-refractivity contribution is -0.118. The van der Waals surface area contributed by atoms with E-state index >= 15 is 0 Å². The maximum atomic E-state index is 13.2. The Balaban J connectivity index is 1.39. The van der Waals surface area contributed by atoms with Crippen molar-refractivity contribution in [3.63, 3.8) is 0 Å². The Morgan fingerprint density at radius 2 is 2.03 bits per heavy atom. The number of anilines is 1. The molecular weight excluding hydrogens is 378 g/mol. The molecule has 3 aromatic rings. The maximum Gasteiger partial charge on any atom is 0.236 e. The fraction of sp³-hybridized carbons (Fsp3) is 0.292. The molecule has 1 aromatic carbocycles. The number of nitrogens with zero attached hydrogens (tertiary/aromatic N) is 2. The van der Waals surface area contributed by atoms with Crippen molar-refractivity contribution in [2.75, 3.05) is 19.0 Å². The molecule has 6 heteroatoms. The highest BCUT2D eigenvalue weighted by Crippen LogP contribution is 2.50. The minimum absolute atomic E-state index is 0.0180. The average Bonchev–Trinajstić information content (AvgIpc) is 3.46. The van der Waals surface area contributed by atoms with E-state index < -0.39 is 5.41 Å². The number of amides is 1. The van der Waals surface area contributed by atoms with Crippen LogP contribution in [0.25, 0.3) is 11.3 Å². The molecular formula is C24H23N3O3. The predicted molar refractivity (Wildman–Crippen MR) is 114 cm³/mol. The topological polar surface area (TPSA) is 73.3 Å². The van der Waals surface area contributed by atoms with Crippen molar-refractivity contribution < 1.29 is 14.3 Å². The van der Waals surface area contributed by atoms with E-state index in [0.717, 1.165) is 47.4 Å². The van der Waals surface area contributed by atoms with E-state index in [0.29, 0.717) is 18.3 Å². The van der Waals surface area contributed by atoms with Gasteiger partial charge in [0.1, 0.15) is 11.6 Å². The van der Waals surface area contributed by atoms with Crippen LogP contribution in [-0.2, 0) is 16.6 Å². The van der Waals surface area contributed by atoms with E-state index in [4.69, 9.17) is 14.5 Å². The summed E-state index contributed by atoms with van der Waals surface area (Å²) in [5.41, 5.74) is 4.42. The molecule has 1 aliphatic carbocycles. The van der Waals surface area contributed by atoms with Gasteiger partial charge in [0.2, 0.25) is 11.8 Å². The molecule has 6 nitrogen and oxygen atoms in total. The number of rotatable bonds is 5. The van der Waals surface area contributed by atoms with Gasteiger partial charge in [0, 0.05) is 24.2 Å². The number of methoxy groups -OCH3 is 1. The molecule has 0 saturated heterocycles. The molecule has 30 heavy (non-hydrogen) atoms. The van der Waals surface area contributed by atoms with Crippen LogP contribution in [0.3, 0.4) is 0 Å². The third-order valence-electron chi connectivity index (χ3n) is 5.99. The van der Waals surface area contributed by atoms with Crippen molar-refractivity contribution in [3.8, 4) is 22.9 Å². The number of aromatic nitrogens is 2. The summed E-state index contributed by atoms with van der Waals surface area (Å²) < 4.78 is 10.8. The molecule has 3 heterocycles. The van der Waals surface area contributed by atoms with Crippen molar-refractivity contribution in [2.45, 2.75) is 31.6 Å². The molecule has 1 N–H and O–H groups in total. The van der Waals surface area contributed by atoms with E-state index in [1.165, 1.54) is 5.56 Å². The van der Waals surface area contributed by atoms with Crippen LogP contribution in [0.1, 0.15) is 29.5 Å². The van der Waals surface area contributed by atoms with Crippen molar-refractivity contribution in [2.24, 2.45) is 0 Å². The Morgan fingerprint density at radius 1 is 1.17 bits per heavy atom. The van der Waals surface area contributed by atoms with Crippen LogP contribution in [-0.4, -0.2) is 29.6 Å². The summed E-state index contributed by atoms with van der Waals surface area (Å²) in [6.45, 7) is 2.71. The molecule has 1 fully saturated rings. The van der Waals surface area contributed by atoms with Crippen molar-refractivity contribution in [1.29, 1.82) is 0 Å². The number of carbonyl (C=O) groups excluding carboxylic acids is 1. The summed E-state index contributed by atoms with van der Waals surface area (Å²) in [7, 11) is 1.59. The second-order valence-electron chi connectivity index (χ2n) is 7.91. The number of benzene rings is 1. The van der Waals surface area contributed by atoms with Crippen LogP contribution in [0.2, 0.25) is 0 Å². The van der Waals surface area contributed by atoms with Gasteiger partial charge in [0.05, 0.1) is 24.8 Å². The minimum atomic E-state index is -0.491. The molecule has 0 atom stereocenters. The van der Waals surface area contributed by atoms with Gasteiger partial charge in [-0.2, -0.15) is 0 Å². The first-order valence-corrected chi connectivity index (χ1v) is 10.1. The molecule has 1 amide bonds. The number of fused-ring (bicyclic) bond motifs is 1. The van der Waals surface area contributed by atoms with Crippen molar-refractivity contribution >= 4 is 11.7 Å². The number of aryl methyl sites for hydroxylation is 1. The number of ether oxygens (including phenoxy) is 2. The summed E-state index contributed by atoms with van der Waals surface area (Å²) in [6, 6.07) is 13.7. The average molecular weight is 401 g/mol. The molecule has 1 saturated carbocycles. The van der Waals surface area contributed by atoms with Crippen LogP contribution in [0, 0.1) is 6.92 Å². The van der Waals surface area contributed by atoms with Crippen LogP contribution in [0.15, 0.2) is 48.7 Å². The molecule has 1 aliphatic heterocycles. The second-order valence-corrected chi connectivity index (χ2v) is 7.91. The smallest absolute Gasteiger partial charge is 0.236 e. The zero-order valence-electron chi connectivity index (χ0n) is 17.1. The summed E-state index contributed by atoms with van der Waals surface area (Å²) in [5, 5.41) is 3.03. The Kier molecular flexibility index (Phi) is 4.42. The van der Waals surface area contributed by atoms with E-state index in [-0.39, 0.29) is 5.91 Å². The summed E-state index contributed by atoms with van der Waals surface area (Å²) in [5.74, 6) is 1.99. The fourth-order valence-electron chi connectivity index (χ4n) is 4.00. The minimum Gasteiger partial charge on any atom is -0.493 e. The van der Waals surface area contributed by atoms with Gasteiger partial charge in [0.25, 0.3) is 0 Å². The van der Waals surface area contributed by atoms with Gasteiger partial charge >= 0.3 is 0 Å². The largest absolute Gasteiger partial charge is 0.493 e. The first-order chi connectivity index (χ1) is 14.6. The number of carbonyl (C=O) groups is 1. The standard InChI is InChI=1S/C24H23N3O3/c1-15-3-7-20(26-22(15)17-5-8-21(29-2)25-14-17)27-23(28)24(10-11-24)18-6-4-16-9-12-30-19(16)13-18/h3-8,13-14H,9-12H2,1-2H3,(H,26,27,28). The zero-order valence-corrected chi connectivity index (χ0v) is 17.1. The lowest BCUT2D eigenvalue weighted by Gasteiger charge is -2.17. The molecule has 0 radical (unpaired) electrons. The summed E-state index contributed by atoms with van der Waals surface area (Å²) in [4.78, 5) is 22.1. The SMILES string of the molecule is COc1ccc(-c2nc(NC(=O)C3(c4ccc5c(c4)OCC5)CC3)ccc2C)cn1. The molecule has 2 aliphatic rings. The lowest BCUT2D eigenvalue weighted by Crippen LogP contribution is -2.28. The van der Waals surface area contributed by atoms with E-state index in [1.807, 2.05) is 31.2 Å². The normalized spacial score (nSPS) is 15.8. The molecule has 0 bridgehead atoms.